The van der Waals surface area contributed by atoms with Crippen LogP contribution < -0.4 is 5.32 Å². The molecule has 1 N–H and O–H groups in total. The zero-order valence-corrected chi connectivity index (χ0v) is 15.1. The Hall–Kier alpha value is -2.44. The summed E-state index contributed by atoms with van der Waals surface area (Å²) in [5, 5.41) is 9.41. The largest absolute Gasteiger partial charge is 0.350 e. The van der Waals surface area contributed by atoms with Gasteiger partial charge in [-0.2, -0.15) is 5.10 Å². The van der Waals surface area contributed by atoms with Gasteiger partial charge in [0.05, 0.1) is 25.0 Å². The van der Waals surface area contributed by atoms with E-state index in [2.05, 4.69) is 22.2 Å². The third-order valence-electron chi connectivity index (χ3n) is 3.92. The van der Waals surface area contributed by atoms with E-state index in [9.17, 15) is 4.79 Å². The van der Waals surface area contributed by atoms with E-state index in [1.165, 1.54) is 4.88 Å². The van der Waals surface area contributed by atoms with Gasteiger partial charge in [0.1, 0.15) is 0 Å². The van der Waals surface area contributed by atoms with E-state index < -0.39 is 0 Å². The Morgan fingerprint density at radius 1 is 1.24 bits per heavy atom. The number of hydrogen-bond acceptors (Lipinski definition) is 4. The third-order valence-corrected chi connectivity index (χ3v) is 4.79. The Balaban J connectivity index is 1.53. The minimum Gasteiger partial charge on any atom is -0.350 e. The molecule has 0 bridgehead atoms. The van der Waals surface area contributed by atoms with Gasteiger partial charge in [-0.3, -0.25) is 9.69 Å². The van der Waals surface area contributed by atoms with E-state index >= 15 is 0 Å². The second kappa shape index (κ2) is 8.60. The fraction of sp³-hybridized carbons (Fsp3) is 0.263. The predicted molar refractivity (Wildman–Crippen MR) is 101 cm³/mol. The van der Waals surface area contributed by atoms with E-state index in [0.29, 0.717) is 19.6 Å². The van der Waals surface area contributed by atoms with Crippen molar-refractivity contribution in [3.63, 3.8) is 0 Å². The second-order valence-corrected chi connectivity index (χ2v) is 6.82. The number of hydrogen-bond donors (Lipinski definition) is 1. The zero-order valence-electron chi connectivity index (χ0n) is 14.3. The Kier molecular flexibility index (Phi) is 5.98. The number of para-hydroxylation sites is 1. The van der Waals surface area contributed by atoms with Crippen LogP contribution in [-0.4, -0.2) is 33.7 Å². The lowest BCUT2D eigenvalue weighted by atomic mass is 10.3. The molecule has 0 aliphatic carbocycles. The molecule has 0 saturated carbocycles. The molecule has 3 rings (SSSR count). The molecular weight excluding hydrogens is 332 g/mol. The van der Waals surface area contributed by atoms with E-state index in [1.54, 1.807) is 11.3 Å². The number of carbonyl (C=O) groups is 1. The van der Waals surface area contributed by atoms with Crippen LogP contribution in [0.5, 0.6) is 0 Å². The summed E-state index contributed by atoms with van der Waals surface area (Å²) in [5.74, 6) is 0.0469. The highest BCUT2D eigenvalue weighted by molar-refractivity contribution is 7.09. The molecule has 130 valence electrons. The molecule has 6 heteroatoms. The van der Waals surface area contributed by atoms with Crippen molar-refractivity contribution >= 4 is 17.2 Å². The molecule has 0 radical (unpaired) electrons. The van der Waals surface area contributed by atoms with Gasteiger partial charge in [0.15, 0.2) is 0 Å². The van der Waals surface area contributed by atoms with Gasteiger partial charge < -0.3 is 5.32 Å². The number of likely N-dealkylation sites (N-methyl/N-ethyl adjacent to an activating group) is 1. The smallest absolute Gasteiger partial charge is 0.234 e. The maximum atomic E-state index is 12.2. The maximum absolute atomic E-state index is 12.2. The summed E-state index contributed by atoms with van der Waals surface area (Å²) in [6.45, 7) is 4.56. The van der Waals surface area contributed by atoms with Crippen LogP contribution in [0.15, 0.2) is 60.2 Å². The van der Waals surface area contributed by atoms with E-state index in [0.717, 1.165) is 17.8 Å². The lowest BCUT2D eigenvalue weighted by Crippen LogP contribution is -2.36. The van der Waals surface area contributed by atoms with Crippen LogP contribution in [0.25, 0.3) is 5.69 Å². The summed E-state index contributed by atoms with van der Waals surface area (Å²) in [5.41, 5.74) is 2.13. The Morgan fingerprint density at radius 3 is 2.80 bits per heavy atom. The predicted octanol–water partition coefficient (Wildman–Crippen LogP) is 3.07. The van der Waals surface area contributed by atoms with Crippen molar-refractivity contribution in [3.8, 4) is 5.69 Å². The minimum absolute atomic E-state index is 0.0469. The fourth-order valence-corrected chi connectivity index (χ4v) is 3.20. The van der Waals surface area contributed by atoms with E-state index in [-0.39, 0.29) is 5.91 Å². The average Bonchev–Trinajstić information content (AvgIpc) is 3.32. The molecule has 3 aromatic rings. The normalized spacial score (nSPS) is 11.0. The molecule has 5 nitrogen and oxygen atoms in total. The summed E-state index contributed by atoms with van der Waals surface area (Å²) in [6.07, 6.45) is 3.88. The summed E-state index contributed by atoms with van der Waals surface area (Å²) >= 11 is 1.65. The van der Waals surface area contributed by atoms with Crippen molar-refractivity contribution in [2.75, 3.05) is 13.1 Å². The molecule has 0 spiro atoms. The number of benzene rings is 1. The summed E-state index contributed by atoms with van der Waals surface area (Å²) < 4.78 is 1.86. The molecule has 0 atom stereocenters. The Morgan fingerprint density at radius 2 is 2.08 bits per heavy atom. The molecule has 1 aromatic carbocycles. The molecule has 2 aromatic heterocycles. The van der Waals surface area contributed by atoms with Gasteiger partial charge >= 0.3 is 0 Å². The van der Waals surface area contributed by atoms with Crippen molar-refractivity contribution in [3.05, 3.63) is 70.7 Å². The molecule has 0 fully saturated rings. The quantitative estimate of drug-likeness (QED) is 0.676. The second-order valence-electron chi connectivity index (χ2n) is 5.79. The van der Waals surface area contributed by atoms with Gasteiger partial charge in [-0.1, -0.05) is 31.2 Å². The van der Waals surface area contributed by atoms with Crippen LogP contribution in [0.1, 0.15) is 17.4 Å². The number of aromatic nitrogens is 2. The molecule has 25 heavy (non-hydrogen) atoms. The first-order valence-electron chi connectivity index (χ1n) is 8.35. The van der Waals surface area contributed by atoms with Gasteiger partial charge in [-0.05, 0) is 30.1 Å². The fourth-order valence-electron chi connectivity index (χ4n) is 2.56. The van der Waals surface area contributed by atoms with Gasteiger partial charge in [-0.25, -0.2) is 4.68 Å². The highest BCUT2D eigenvalue weighted by Gasteiger charge is 2.11. The minimum atomic E-state index is 0.0469. The molecule has 0 unspecified atom stereocenters. The van der Waals surface area contributed by atoms with E-state index in [4.69, 9.17) is 0 Å². The standard InChI is InChI=1S/C19H22N4OS/c1-2-22(15-19(24)20-12-18-9-6-10-25-18)13-16-11-21-23(14-16)17-7-4-3-5-8-17/h3-11,14H,2,12-13,15H2,1H3,(H,20,24). The molecule has 0 aliphatic heterocycles. The molecule has 2 heterocycles. The van der Waals surface area contributed by atoms with Crippen LogP contribution in [0.3, 0.4) is 0 Å². The highest BCUT2D eigenvalue weighted by atomic mass is 32.1. The van der Waals surface area contributed by atoms with Crippen LogP contribution >= 0.6 is 11.3 Å². The summed E-state index contributed by atoms with van der Waals surface area (Å²) in [6, 6.07) is 14.0. The van der Waals surface area contributed by atoms with Gasteiger partial charge in [-0.15, -0.1) is 11.3 Å². The number of carbonyl (C=O) groups excluding carboxylic acids is 1. The molecule has 0 saturated heterocycles. The van der Waals surface area contributed by atoms with Crippen molar-refractivity contribution in [1.29, 1.82) is 0 Å². The number of nitrogens with zero attached hydrogens (tertiary/aromatic N) is 3. The molecule has 1 amide bonds. The summed E-state index contributed by atoms with van der Waals surface area (Å²) in [4.78, 5) is 15.4. The maximum Gasteiger partial charge on any atom is 0.234 e. The lowest BCUT2D eigenvalue weighted by Gasteiger charge is -2.18. The van der Waals surface area contributed by atoms with Crippen molar-refractivity contribution in [2.45, 2.75) is 20.0 Å². The number of rotatable bonds is 8. The Bertz CT molecular complexity index is 783. The zero-order chi connectivity index (χ0) is 17.5. The summed E-state index contributed by atoms with van der Waals surface area (Å²) in [7, 11) is 0. The molecule has 0 aliphatic rings. The first-order valence-corrected chi connectivity index (χ1v) is 9.23. The van der Waals surface area contributed by atoms with Crippen LogP contribution in [0.4, 0.5) is 0 Å². The number of thiophene rings is 1. The van der Waals surface area contributed by atoms with Gasteiger partial charge in [0, 0.05) is 23.2 Å². The van der Waals surface area contributed by atoms with Crippen molar-refractivity contribution < 1.29 is 4.79 Å². The lowest BCUT2D eigenvalue weighted by molar-refractivity contribution is -0.122. The third kappa shape index (κ3) is 5.01. The van der Waals surface area contributed by atoms with Crippen LogP contribution in [-0.2, 0) is 17.9 Å². The highest BCUT2D eigenvalue weighted by Crippen LogP contribution is 2.10. The molecular formula is C19H22N4OS. The average molecular weight is 354 g/mol. The SMILES string of the molecule is CCN(CC(=O)NCc1cccs1)Cc1cnn(-c2ccccc2)c1. The van der Waals surface area contributed by atoms with Gasteiger partial charge in [0.25, 0.3) is 0 Å². The van der Waals surface area contributed by atoms with Crippen molar-refractivity contribution in [1.82, 2.24) is 20.0 Å². The monoisotopic (exact) mass is 354 g/mol. The number of nitrogens with one attached hydrogen (secondary N) is 1. The van der Waals surface area contributed by atoms with Crippen LogP contribution in [0.2, 0.25) is 0 Å². The Labute approximate surface area is 151 Å². The van der Waals surface area contributed by atoms with E-state index in [1.807, 2.05) is 64.9 Å². The van der Waals surface area contributed by atoms with Crippen LogP contribution in [0, 0.1) is 0 Å². The first kappa shape index (κ1) is 17.4. The number of amides is 1. The topological polar surface area (TPSA) is 50.2 Å². The van der Waals surface area contributed by atoms with Gasteiger partial charge in [0.2, 0.25) is 5.91 Å². The van der Waals surface area contributed by atoms with Crippen molar-refractivity contribution in [2.24, 2.45) is 0 Å². The first-order chi connectivity index (χ1) is 12.2.